The number of aliphatic carboxylic acids is 1. The summed E-state index contributed by atoms with van der Waals surface area (Å²) in [5.74, 6) is -0.840. The number of benzene rings is 1. The number of amides is 1. The molecule has 1 aromatic rings. The fourth-order valence-electron chi connectivity index (χ4n) is 1.88. The van der Waals surface area contributed by atoms with Gasteiger partial charge in [-0.1, -0.05) is 36.8 Å². The number of carbonyl (C=O) groups is 2. The summed E-state index contributed by atoms with van der Waals surface area (Å²) < 4.78 is 0. The van der Waals surface area contributed by atoms with Crippen molar-refractivity contribution in [3.8, 4) is 0 Å². The molecule has 0 aliphatic carbocycles. The Balaban J connectivity index is 2.51. The Bertz CT molecular complexity index is 389. The van der Waals surface area contributed by atoms with E-state index in [1.165, 1.54) is 6.92 Å². The highest BCUT2D eigenvalue weighted by molar-refractivity contribution is 5.73. The van der Waals surface area contributed by atoms with E-state index in [2.05, 4.69) is 5.32 Å². The molecule has 1 unspecified atom stereocenters. The van der Waals surface area contributed by atoms with Gasteiger partial charge in [0, 0.05) is 13.3 Å². The monoisotopic (exact) mass is 249 g/mol. The van der Waals surface area contributed by atoms with E-state index in [1.54, 1.807) is 0 Å². The Morgan fingerprint density at radius 1 is 1.22 bits per heavy atom. The van der Waals surface area contributed by atoms with Gasteiger partial charge in [-0.15, -0.1) is 0 Å². The first-order valence-corrected chi connectivity index (χ1v) is 6.13. The number of unbranched alkanes of at least 4 members (excludes halogenated alkanes) is 1. The van der Waals surface area contributed by atoms with Crippen LogP contribution in [0.2, 0.25) is 0 Å². The Morgan fingerprint density at radius 3 is 2.44 bits per heavy atom. The zero-order valence-corrected chi connectivity index (χ0v) is 10.6. The van der Waals surface area contributed by atoms with Gasteiger partial charge in [-0.25, -0.2) is 0 Å². The van der Waals surface area contributed by atoms with E-state index < -0.39 is 5.97 Å². The van der Waals surface area contributed by atoms with Crippen LogP contribution in [0.5, 0.6) is 0 Å². The van der Waals surface area contributed by atoms with Gasteiger partial charge in [-0.3, -0.25) is 9.59 Å². The van der Waals surface area contributed by atoms with Gasteiger partial charge < -0.3 is 10.4 Å². The van der Waals surface area contributed by atoms with Gasteiger partial charge in [0.05, 0.1) is 6.04 Å². The predicted octanol–water partition coefficient (Wildman–Crippen LogP) is 2.51. The summed E-state index contributed by atoms with van der Waals surface area (Å²) >= 11 is 0. The van der Waals surface area contributed by atoms with E-state index in [1.807, 2.05) is 30.3 Å². The molecule has 1 rings (SSSR count). The average Bonchev–Trinajstić information content (AvgIpc) is 2.33. The third-order valence-electron chi connectivity index (χ3n) is 2.71. The van der Waals surface area contributed by atoms with E-state index in [0.717, 1.165) is 18.4 Å². The van der Waals surface area contributed by atoms with Crippen LogP contribution >= 0.6 is 0 Å². The fourth-order valence-corrected chi connectivity index (χ4v) is 1.88. The van der Waals surface area contributed by atoms with Crippen molar-refractivity contribution in [1.29, 1.82) is 0 Å². The van der Waals surface area contributed by atoms with Crippen LogP contribution in [0.3, 0.4) is 0 Å². The van der Waals surface area contributed by atoms with Crippen molar-refractivity contribution in [2.75, 3.05) is 0 Å². The second kappa shape index (κ2) is 7.48. The lowest BCUT2D eigenvalue weighted by molar-refractivity contribution is -0.137. The molecule has 18 heavy (non-hydrogen) atoms. The van der Waals surface area contributed by atoms with Gasteiger partial charge in [-0.05, 0) is 18.4 Å². The summed E-state index contributed by atoms with van der Waals surface area (Å²) in [7, 11) is 0. The predicted molar refractivity (Wildman–Crippen MR) is 69.1 cm³/mol. The lowest BCUT2D eigenvalue weighted by atomic mass is 10.0. The Morgan fingerprint density at radius 2 is 1.89 bits per heavy atom. The first-order chi connectivity index (χ1) is 8.59. The number of hydrogen-bond donors (Lipinski definition) is 2. The zero-order valence-electron chi connectivity index (χ0n) is 10.6. The van der Waals surface area contributed by atoms with Crippen molar-refractivity contribution in [2.45, 2.75) is 38.6 Å². The molecule has 0 saturated heterocycles. The highest BCUT2D eigenvalue weighted by atomic mass is 16.4. The summed E-state index contributed by atoms with van der Waals surface area (Å²) in [6.45, 7) is 1.49. The second-order valence-electron chi connectivity index (χ2n) is 4.30. The minimum Gasteiger partial charge on any atom is -0.481 e. The Hall–Kier alpha value is -1.84. The van der Waals surface area contributed by atoms with Gasteiger partial charge in [0.2, 0.25) is 5.91 Å². The zero-order chi connectivity index (χ0) is 13.4. The van der Waals surface area contributed by atoms with Gasteiger partial charge in [0.15, 0.2) is 0 Å². The molecule has 0 bridgehead atoms. The molecular weight excluding hydrogens is 230 g/mol. The number of carbonyl (C=O) groups excluding carboxylic acids is 1. The van der Waals surface area contributed by atoms with Crippen molar-refractivity contribution in [3.63, 3.8) is 0 Å². The Labute approximate surface area is 107 Å². The van der Waals surface area contributed by atoms with Crippen LogP contribution < -0.4 is 5.32 Å². The molecule has 1 atom stereocenters. The number of carboxylic acids is 1. The first-order valence-electron chi connectivity index (χ1n) is 6.13. The fraction of sp³-hybridized carbons (Fsp3) is 0.429. The molecule has 0 radical (unpaired) electrons. The van der Waals surface area contributed by atoms with Crippen molar-refractivity contribution in [1.82, 2.24) is 5.32 Å². The van der Waals surface area contributed by atoms with Gasteiger partial charge in [-0.2, -0.15) is 0 Å². The third-order valence-corrected chi connectivity index (χ3v) is 2.71. The minimum atomic E-state index is -0.772. The molecule has 2 N–H and O–H groups in total. The van der Waals surface area contributed by atoms with E-state index in [9.17, 15) is 9.59 Å². The number of rotatable bonds is 7. The van der Waals surface area contributed by atoms with Crippen molar-refractivity contribution in [2.24, 2.45) is 0 Å². The minimum absolute atomic E-state index is 0.0301. The number of carboxylic acid groups (broad SMARTS) is 1. The van der Waals surface area contributed by atoms with Crippen LogP contribution in [0.25, 0.3) is 0 Å². The van der Waals surface area contributed by atoms with Crippen LogP contribution in [0.15, 0.2) is 30.3 Å². The first kappa shape index (κ1) is 14.2. The molecule has 0 fully saturated rings. The maximum absolute atomic E-state index is 11.2. The van der Waals surface area contributed by atoms with Gasteiger partial charge in [0.25, 0.3) is 0 Å². The van der Waals surface area contributed by atoms with Crippen molar-refractivity contribution in [3.05, 3.63) is 35.9 Å². The Kier molecular flexibility index (Phi) is 5.91. The molecule has 4 nitrogen and oxygen atoms in total. The molecule has 1 amide bonds. The average molecular weight is 249 g/mol. The topological polar surface area (TPSA) is 66.4 Å². The van der Waals surface area contributed by atoms with Crippen LogP contribution in [0.1, 0.15) is 44.2 Å². The maximum atomic E-state index is 11.2. The molecule has 0 aliphatic heterocycles. The number of nitrogens with one attached hydrogen (secondary N) is 1. The third kappa shape index (κ3) is 5.48. The largest absolute Gasteiger partial charge is 0.481 e. The quantitative estimate of drug-likeness (QED) is 0.730. The highest BCUT2D eigenvalue weighted by Crippen LogP contribution is 2.19. The van der Waals surface area contributed by atoms with E-state index in [4.69, 9.17) is 5.11 Å². The molecule has 1 aromatic carbocycles. The molecule has 0 aliphatic rings. The highest BCUT2D eigenvalue weighted by Gasteiger charge is 2.12. The number of hydrogen-bond acceptors (Lipinski definition) is 2. The van der Waals surface area contributed by atoms with Gasteiger partial charge in [0.1, 0.15) is 0 Å². The molecule has 0 saturated carbocycles. The maximum Gasteiger partial charge on any atom is 0.303 e. The van der Waals surface area contributed by atoms with E-state index >= 15 is 0 Å². The van der Waals surface area contributed by atoms with Crippen LogP contribution in [0.4, 0.5) is 0 Å². The summed E-state index contributed by atoms with van der Waals surface area (Å²) in [4.78, 5) is 21.6. The van der Waals surface area contributed by atoms with E-state index in [-0.39, 0.29) is 18.4 Å². The summed E-state index contributed by atoms with van der Waals surface area (Å²) in [5.41, 5.74) is 1.06. The van der Waals surface area contributed by atoms with Crippen molar-refractivity contribution >= 4 is 11.9 Å². The van der Waals surface area contributed by atoms with Crippen LogP contribution in [-0.2, 0) is 9.59 Å². The second-order valence-corrected chi connectivity index (χ2v) is 4.30. The lowest BCUT2D eigenvalue weighted by Crippen LogP contribution is -2.26. The molecule has 0 spiro atoms. The standard InChI is InChI=1S/C14H19NO3/c1-11(16)15-13(9-5-6-10-14(17)18)12-7-3-2-4-8-12/h2-4,7-8,13H,5-6,9-10H2,1H3,(H,15,16)(H,17,18). The lowest BCUT2D eigenvalue weighted by Gasteiger charge is -2.18. The molecule has 4 heteroatoms. The summed E-state index contributed by atoms with van der Waals surface area (Å²) in [5, 5.41) is 11.5. The van der Waals surface area contributed by atoms with E-state index in [0.29, 0.717) is 6.42 Å². The summed E-state index contributed by atoms with van der Waals surface area (Å²) in [6.07, 6.45) is 2.36. The van der Waals surface area contributed by atoms with Crippen molar-refractivity contribution < 1.29 is 14.7 Å². The van der Waals surface area contributed by atoms with Crippen LogP contribution in [-0.4, -0.2) is 17.0 Å². The summed E-state index contributed by atoms with van der Waals surface area (Å²) in [6, 6.07) is 9.70. The van der Waals surface area contributed by atoms with Crippen LogP contribution in [0, 0.1) is 0 Å². The SMILES string of the molecule is CC(=O)NC(CCCCC(=O)O)c1ccccc1. The molecule has 98 valence electrons. The smallest absolute Gasteiger partial charge is 0.303 e. The normalized spacial score (nSPS) is 11.8. The molecular formula is C14H19NO3. The molecule has 0 aromatic heterocycles. The van der Waals surface area contributed by atoms with Gasteiger partial charge >= 0.3 is 5.97 Å². The molecule has 0 heterocycles.